The minimum absolute atomic E-state index is 0.257. The number of hydrogen-bond donors (Lipinski definition) is 0. The molecular formula is C21H15Cl2NO3. The van der Waals surface area contributed by atoms with Crippen LogP contribution < -0.4 is 9.64 Å². The van der Waals surface area contributed by atoms with E-state index >= 15 is 0 Å². The first-order valence-corrected chi connectivity index (χ1v) is 9.27. The number of amides is 1. The molecule has 0 spiro atoms. The molecule has 0 atom stereocenters. The number of ether oxygens (including phenoxy) is 1. The van der Waals surface area contributed by atoms with E-state index in [9.17, 15) is 9.59 Å². The molecule has 0 bridgehead atoms. The van der Waals surface area contributed by atoms with E-state index in [1.54, 1.807) is 0 Å². The van der Waals surface area contributed by atoms with Crippen LogP contribution in [-0.4, -0.2) is 24.8 Å². The van der Waals surface area contributed by atoms with Gasteiger partial charge in [0.15, 0.2) is 0 Å². The Kier molecular flexibility index (Phi) is 4.77. The van der Waals surface area contributed by atoms with E-state index in [1.807, 2.05) is 42.5 Å². The SMILES string of the molecule is O=C1C(=O)N(CCCOc2cccc3ccccc23)c2c(Cl)cc(Cl)cc21. The lowest BCUT2D eigenvalue weighted by Crippen LogP contribution is -2.31. The number of hydrogen-bond acceptors (Lipinski definition) is 3. The minimum atomic E-state index is -0.584. The highest BCUT2D eigenvalue weighted by molar-refractivity contribution is 6.54. The largest absolute Gasteiger partial charge is 0.493 e. The molecule has 4 nitrogen and oxygen atoms in total. The molecule has 0 saturated heterocycles. The Balaban J connectivity index is 1.46. The maximum absolute atomic E-state index is 12.3. The van der Waals surface area contributed by atoms with Gasteiger partial charge in [0.25, 0.3) is 11.7 Å². The summed E-state index contributed by atoms with van der Waals surface area (Å²) in [6.45, 7) is 0.746. The van der Waals surface area contributed by atoms with E-state index in [-0.39, 0.29) is 5.56 Å². The monoisotopic (exact) mass is 399 g/mol. The van der Waals surface area contributed by atoms with Crippen LogP contribution >= 0.6 is 23.2 Å². The molecule has 0 N–H and O–H groups in total. The van der Waals surface area contributed by atoms with Crippen LogP contribution in [0.1, 0.15) is 16.8 Å². The Bertz CT molecular complexity index is 1060. The fourth-order valence-electron chi connectivity index (χ4n) is 3.29. The third-order valence-corrected chi connectivity index (χ3v) is 5.02. The first-order chi connectivity index (χ1) is 13.1. The van der Waals surface area contributed by atoms with Crippen molar-refractivity contribution in [3.05, 3.63) is 70.2 Å². The molecule has 27 heavy (non-hydrogen) atoms. The number of fused-ring (bicyclic) bond motifs is 2. The number of rotatable bonds is 5. The van der Waals surface area contributed by atoms with Gasteiger partial charge in [-0.3, -0.25) is 9.59 Å². The van der Waals surface area contributed by atoms with Crippen molar-refractivity contribution in [3.8, 4) is 5.75 Å². The number of halogens is 2. The lowest BCUT2D eigenvalue weighted by Gasteiger charge is -2.18. The van der Waals surface area contributed by atoms with Gasteiger partial charge in [-0.15, -0.1) is 0 Å². The molecule has 4 rings (SSSR count). The van der Waals surface area contributed by atoms with E-state index in [1.165, 1.54) is 17.0 Å². The van der Waals surface area contributed by atoms with Crippen molar-refractivity contribution in [3.63, 3.8) is 0 Å². The average Bonchev–Trinajstić information content (AvgIpc) is 2.90. The molecule has 0 unspecified atom stereocenters. The van der Waals surface area contributed by atoms with Gasteiger partial charge in [0, 0.05) is 17.0 Å². The van der Waals surface area contributed by atoms with Crippen LogP contribution in [0, 0.1) is 0 Å². The Morgan fingerprint density at radius 1 is 0.963 bits per heavy atom. The molecular weight excluding hydrogens is 385 g/mol. The van der Waals surface area contributed by atoms with Crippen LogP contribution in [0.2, 0.25) is 10.0 Å². The molecule has 0 radical (unpaired) electrons. The number of benzene rings is 3. The third kappa shape index (κ3) is 3.27. The van der Waals surface area contributed by atoms with Crippen molar-refractivity contribution in [2.45, 2.75) is 6.42 Å². The van der Waals surface area contributed by atoms with Gasteiger partial charge in [0.05, 0.1) is 22.9 Å². The number of Topliss-reactive ketones (excluding diaryl/α,β-unsaturated/α-hetero) is 1. The molecule has 0 fully saturated rings. The second-order valence-electron chi connectivity index (χ2n) is 6.25. The Morgan fingerprint density at radius 3 is 2.59 bits per heavy atom. The molecule has 136 valence electrons. The van der Waals surface area contributed by atoms with E-state index in [0.29, 0.717) is 35.3 Å². The predicted octanol–water partition coefficient (Wildman–Crippen LogP) is 5.15. The van der Waals surface area contributed by atoms with Crippen molar-refractivity contribution in [1.29, 1.82) is 0 Å². The zero-order valence-corrected chi connectivity index (χ0v) is 15.8. The minimum Gasteiger partial charge on any atom is -0.493 e. The van der Waals surface area contributed by atoms with Gasteiger partial charge in [-0.05, 0) is 30.0 Å². The van der Waals surface area contributed by atoms with E-state index in [2.05, 4.69) is 0 Å². The standard InChI is InChI=1S/C21H15Cl2NO3/c22-14-11-16-19(17(23)12-14)24(21(26)20(16)25)9-4-10-27-18-8-3-6-13-5-1-2-7-15(13)18/h1-3,5-8,11-12H,4,9-10H2. The molecule has 0 aliphatic carbocycles. The van der Waals surface area contributed by atoms with Crippen LogP contribution in [0.5, 0.6) is 5.75 Å². The highest BCUT2D eigenvalue weighted by Gasteiger charge is 2.37. The highest BCUT2D eigenvalue weighted by Crippen LogP contribution is 2.38. The lowest BCUT2D eigenvalue weighted by molar-refractivity contribution is -0.114. The molecule has 0 saturated carbocycles. The van der Waals surface area contributed by atoms with Crippen LogP contribution in [0.3, 0.4) is 0 Å². The quantitative estimate of drug-likeness (QED) is 0.440. The first-order valence-electron chi connectivity index (χ1n) is 8.52. The Hall–Kier alpha value is -2.56. The zero-order chi connectivity index (χ0) is 19.0. The molecule has 0 aromatic heterocycles. The van der Waals surface area contributed by atoms with Crippen LogP contribution in [0.15, 0.2) is 54.6 Å². The third-order valence-electron chi connectivity index (χ3n) is 4.52. The number of nitrogens with zero attached hydrogens (tertiary/aromatic N) is 1. The van der Waals surface area contributed by atoms with Gasteiger partial charge in [-0.2, -0.15) is 0 Å². The summed E-state index contributed by atoms with van der Waals surface area (Å²) in [5, 5.41) is 2.77. The van der Waals surface area contributed by atoms with Crippen LogP contribution in [-0.2, 0) is 4.79 Å². The van der Waals surface area contributed by atoms with Gasteiger partial charge in [0.1, 0.15) is 5.75 Å². The maximum Gasteiger partial charge on any atom is 0.299 e. The lowest BCUT2D eigenvalue weighted by atomic mass is 10.1. The summed E-state index contributed by atoms with van der Waals surface area (Å²) in [5.74, 6) is -0.370. The number of carbonyl (C=O) groups excluding carboxylic acids is 2. The van der Waals surface area contributed by atoms with Crippen molar-refractivity contribution in [2.75, 3.05) is 18.1 Å². The van der Waals surface area contributed by atoms with Gasteiger partial charge < -0.3 is 9.64 Å². The number of ketones is 1. The van der Waals surface area contributed by atoms with E-state index in [4.69, 9.17) is 27.9 Å². The van der Waals surface area contributed by atoms with Crippen LogP contribution in [0.25, 0.3) is 10.8 Å². The van der Waals surface area contributed by atoms with Gasteiger partial charge >= 0.3 is 0 Å². The second-order valence-corrected chi connectivity index (χ2v) is 7.09. The summed E-state index contributed by atoms with van der Waals surface area (Å²) >= 11 is 12.2. The Morgan fingerprint density at radius 2 is 1.74 bits per heavy atom. The molecule has 1 amide bonds. The number of carbonyl (C=O) groups is 2. The van der Waals surface area contributed by atoms with Gasteiger partial charge in [-0.1, -0.05) is 59.6 Å². The highest BCUT2D eigenvalue weighted by atomic mass is 35.5. The fourth-order valence-corrected chi connectivity index (χ4v) is 3.89. The molecule has 1 aliphatic rings. The van der Waals surface area contributed by atoms with Crippen molar-refractivity contribution >= 4 is 51.4 Å². The summed E-state index contributed by atoms with van der Waals surface area (Å²) in [6.07, 6.45) is 0.556. The zero-order valence-electron chi connectivity index (χ0n) is 14.2. The number of anilines is 1. The molecule has 1 aliphatic heterocycles. The Labute approximate surface area is 166 Å². The molecule has 1 heterocycles. The molecule has 6 heteroatoms. The van der Waals surface area contributed by atoms with Crippen LogP contribution in [0.4, 0.5) is 5.69 Å². The van der Waals surface area contributed by atoms with Crippen molar-refractivity contribution < 1.29 is 14.3 Å². The summed E-state index contributed by atoms with van der Waals surface area (Å²) in [6, 6.07) is 16.9. The second kappa shape index (κ2) is 7.22. The average molecular weight is 400 g/mol. The van der Waals surface area contributed by atoms with Crippen molar-refractivity contribution in [2.24, 2.45) is 0 Å². The van der Waals surface area contributed by atoms with E-state index in [0.717, 1.165) is 16.5 Å². The van der Waals surface area contributed by atoms with Gasteiger partial charge in [0.2, 0.25) is 0 Å². The smallest absolute Gasteiger partial charge is 0.299 e. The normalized spacial score (nSPS) is 13.3. The van der Waals surface area contributed by atoms with Gasteiger partial charge in [-0.25, -0.2) is 0 Å². The topological polar surface area (TPSA) is 46.6 Å². The molecule has 3 aromatic carbocycles. The molecule has 3 aromatic rings. The summed E-state index contributed by atoms with van der Waals surface area (Å²) in [4.78, 5) is 25.9. The summed E-state index contributed by atoms with van der Waals surface area (Å²) in [7, 11) is 0. The van der Waals surface area contributed by atoms with E-state index < -0.39 is 11.7 Å². The van der Waals surface area contributed by atoms with Crippen molar-refractivity contribution in [1.82, 2.24) is 0 Å². The summed E-state index contributed by atoms with van der Waals surface area (Å²) in [5.41, 5.74) is 0.689. The predicted molar refractivity (Wildman–Crippen MR) is 107 cm³/mol. The first kappa shape index (κ1) is 17.8. The summed E-state index contributed by atoms with van der Waals surface area (Å²) < 4.78 is 5.90. The fraction of sp³-hybridized carbons (Fsp3) is 0.143. The maximum atomic E-state index is 12.3.